The summed E-state index contributed by atoms with van der Waals surface area (Å²) in [6.07, 6.45) is 2.02. The molecule has 3 aromatic carbocycles. The maximum atomic E-state index is 12.4. The zero-order chi connectivity index (χ0) is 19.8. The molecule has 5 aromatic rings. The van der Waals surface area contributed by atoms with Gasteiger partial charge in [0.2, 0.25) is 0 Å². The number of amides is 1. The van der Waals surface area contributed by atoms with Gasteiger partial charge >= 0.3 is 0 Å². The van der Waals surface area contributed by atoms with E-state index in [1.165, 1.54) is 11.3 Å². The quantitative estimate of drug-likeness (QED) is 0.352. The highest BCUT2D eigenvalue weighted by molar-refractivity contribution is 8.00. The first-order valence-corrected chi connectivity index (χ1v) is 11.7. The van der Waals surface area contributed by atoms with E-state index >= 15 is 0 Å². The van der Waals surface area contributed by atoms with Crippen molar-refractivity contribution in [1.82, 2.24) is 9.97 Å². The Balaban J connectivity index is 1.31. The van der Waals surface area contributed by atoms with E-state index in [2.05, 4.69) is 15.3 Å². The highest BCUT2D eigenvalue weighted by Crippen LogP contribution is 2.38. The van der Waals surface area contributed by atoms with Crippen LogP contribution in [0, 0.1) is 0 Å². The normalized spacial score (nSPS) is 11.3. The van der Waals surface area contributed by atoms with Gasteiger partial charge in [-0.15, -0.1) is 11.3 Å². The lowest BCUT2D eigenvalue weighted by atomic mass is 10.1. The molecule has 0 saturated carbocycles. The fourth-order valence-corrected chi connectivity index (χ4v) is 5.73. The molecular weight excluding hydrogens is 422 g/mol. The number of benzene rings is 3. The van der Waals surface area contributed by atoms with Gasteiger partial charge in [-0.1, -0.05) is 53.4 Å². The van der Waals surface area contributed by atoms with Crippen LogP contribution in [0.5, 0.6) is 5.75 Å². The molecule has 0 unspecified atom stereocenters. The van der Waals surface area contributed by atoms with Crippen LogP contribution < -0.4 is 10.1 Å². The van der Waals surface area contributed by atoms with E-state index in [0.29, 0.717) is 10.9 Å². The number of ether oxygens (including phenoxy) is 1. The van der Waals surface area contributed by atoms with E-state index in [1.807, 2.05) is 60.9 Å². The van der Waals surface area contributed by atoms with Crippen LogP contribution >= 0.6 is 34.4 Å². The largest absolute Gasteiger partial charge is 0.484 e. The first kappa shape index (κ1) is 18.4. The Labute approximate surface area is 178 Å². The van der Waals surface area contributed by atoms with Crippen molar-refractivity contribution in [3.8, 4) is 5.75 Å². The number of fused-ring (bicyclic) bond motifs is 4. The first-order valence-electron chi connectivity index (χ1n) is 8.85. The lowest BCUT2D eigenvalue weighted by Gasteiger charge is -2.07. The van der Waals surface area contributed by atoms with Crippen LogP contribution in [0.2, 0.25) is 0 Å². The van der Waals surface area contributed by atoms with Gasteiger partial charge in [-0.05, 0) is 41.3 Å². The summed E-state index contributed by atoms with van der Waals surface area (Å²) in [6, 6.07) is 17.7. The first-order chi connectivity index (χ1) is 14.2. The molecular formula is C21H15N3O2S3. The maximum Gasteiger partial charge on any atom is 0.264 e. The average Bonchev–Trinajstić information content (AvgIpc) is 3.35. The standard InChI is InChI=1S/C21H15N3O2S3/c1-27-21-23-16-9-8-15-18(19(16)29-21)28-20(22-15)24-17(25)11-26-14-7-6-12-4-2-3-5-13(12)10-14/h2-10H,11H2,1H3,(H,22,24,25). The van der Waals surface area contributed by atoms with Gasteiger partial charge in [-0.2, -0.15) is 0 Å². The zero-order valence-corrected chi connectivity index (χ0v) is 17.8. The molecule has 2 heterocycles. The summed E-state index contributed by atoms with van der Waals surface area (Å²) in [5.41, 5.74) is 1.83. The summed E-state index contributed by atoms with van der Waals surface area (Å²) in [5.74, 6) is 0.432. The van der Waals surface area contributed by atoms with Crippen LogP contribution in [0.15, 0.2) is 58.9 Å². The number of thioether (sulfide) groups is 1. The number of carbonyl (C=O) groups is 1. The van der Waals surface area contributed by atoms with Gasteiger partial charge in [0, 0.05) is 0 Å². The molecule has 29 heavy (non-hydrogen) atoms. The topological polar surface area (TPSA) is 64.1 Å². The van der Waals surface area contributed by atoms with Crippen LogP contribution in [-0.2, 0) is 4.79 Å². The van der Waals surface area contributed by atoms with E-state index in [-0.39, 0.29) is 12.5 Å². The molecule has 0 saturated heterocycles. The van der Waals surface area contributed by atoms with E-state index in [0.717, 1.165) is 35.5 Å². The zero-order valence-electron chi connectivity index (χ0n) is 15.3. The van der Waals surface area contributed by atoms with Crippen LogP contribution in [-0.4, -0.2) is 28.7 Å². The third-order valence-corrected chi connectivity index (χ3v) is 7.61. The van der Waals surface area contributed by atoms with Gasteiger partial charge in [-0.25, -0.2) is 9.97 Å². The molecule has 5 rings (SSSR count). The molecule has 0 aliphatic carbocycles. The molecule has 0 bridgehead atoms. The Bertz CT molecular complexity index is 1360. The second-order valence-corrected chi connectivity index (χ2v) is 9.36. The molecule has 8 heteroatoms. The Morgan fingerprint density at radius 2 is 1.76 bits per heavy atom. The summed E-state index contributed by atoms with van der Waals surface area (Å²) in [6.45, 7) is -0.0686. The molecule has 1 amide bonds. The number of rotatable bonds is 5. The highest BCUT2D eigenvalue weighted by atomic mass is 32.2. The van der Waals surface area contributed by atoms with Crippen molar-refractivity contribution >= 4 is 76.7 Å². The number of carbonyl (C=O) groups excluding carboxylic acids is 1. The second kappa shape index (κ2) is 7.62. The van der Waals surface area contributed by atoms with Gasteiger partial charge in [0.05, 0.1) is 20.4 Å². The SMILES string of the molecule is CSc1nc2ccc3nc(NC(=O)COc4ccc5ccccc5c4)sc3c2s1. The minimum absolute atomic E-state index is 0.0686. The van der Waals surface area contributed by atoms with E-state index in [9.17, 15) is 4.79 Å². The van der Waals surface area contributed by atoms with Crippen molar-refractivity contribution in [1.29, 1.82) is 0 Å². The number of aromatic nitrogens is 2. The molecule has 0 radical (unpaired) electrons. The van der Waals surface area contributed by atoms with Crippen LogP contribution in [0.3, 0.4) is 0 Å². The maximum absolute atomic E-state index is 12.4. The Morgan fingerprint density at radius 3 is 2.59 bits per heavy atom. The number of hydrogen-bond acceptors (Lipinski definition) is 7. The fraction of sp³-hybridized carbons (Fsp3) is 0.0952. The van der Waals surface area contributed by atoms with Crippen LogP contribution in [0.4, 0.5) is 5.13 Å². The second-order valence-electron chi connectivity index (χ2n) is 6.31. The van der Waals surface area contributed by atoms with Crippen molar-refractivity contribution in [2.45, 2.75) is 4.34 Å². The average molecular weight is 438 g/mol. The Morgan fingerprint density at radius 1 is 1.00 bits per heavy atom. The summed E-state index contributed by atoms with van der Waals surface area (Å²) in [4.78, 5) is 21.5. The van der Waals surface area contributed by atoms with Gasteiger partial charge in [-0.3, -0.25) is 10.1 Å². The van der Waals surface area contributed by atoms with Crippen molar-refractivity contribution in [2.75, 3.05) is 18.2 Å². The molecule has 144 valence electrons. The number of thiazole rings is 2. The molecule has 0 spiro atoms. The van der Waals surface area contributed by atoms with Crippen molar-refractivity contribution < 1.29 is 9.53 Å². The fourth-order valence-electron chi connectivity index (χ4n) is 3.05. The molecule has 0 aliphatic rings. The third kappa shape index (κ3) is 3.66. The third-order valence-electron chi connectivity index (χ3n) is 4.40. The predicted molar refractivity (Wildman–Crippen MR) is 123 cm³/mol. The Kier molecular flexibility index (Phi) is 4.83. The van der Waals surface area contributed by atoms with Gasteiger partial charge in [0.1, 0.15) is 5.75 Å². The van der Waals surface area contributed by atoms with Gasteiger partial charge < -0.3 is 4.74 Å². The smallest absolute Gasteiger partial charge is 0.264 e. The molecule has 0 aliphatic heterocycles. The van der Waals surface area contributed by atoms with Gasteiger partial charge in [0.15, 0.2) is 16.1 Å². The summed E-state index contributed by atoms with van der Waals surface area (Å²) >= 11 is 4.75. The minimum atomic E-state index is -0.234. The number of anilines is 1. The minimum Gasteiger partial charge on any atom is -0.484 e. The predicted octanol–water partition coefficient (Wildman–Crippen LogP) is 5.80. The van der Waals surface area contributed by atoms with Crippen molar-refractivity contribution in [3.05, 3.63) is 54.6 Å². The summed E-state index contributed by atoms with van der Waals surface area (Å²) < 4.78 is 8.84. The summed E-state index contributed by atoms with van der Waals surface area (Å²) in [5, 5.41) is 5.63. The van der Waals surface area contributed by atoms with Crippen molar-refractivity contribution in [2.24, 2.45) is 0 Å². The van der Waals surface area contributed by atoms with Crippen LogP contribution in [0.25, 0.3) is 31.2 Å². The summed E-state index contributed by atoms with van der Waals surface area (Å²) in [7, 11) is 0. The molecule has 5 nitrogen and oxygen atoms in total. The van der Waals surface area contributed by atoms with Gasteiger partial charge in [0.25, 0.3) is 5.91 Å². The monoisotopic (exact) mass is 437 g/mol. The number of nitrogens with zero attached hydrogens (tertiary/aromatic N) is 2. The number of hydrogen-bond donors (Lipinski definition) is 1. The molecule has 0 atom stereocenters. The molecule has 0 fully saturated rings. The van der Waals surface area contributed by atoms with E-state index in [4.69, 9.17) is 4.74 Å². The number of nitrogens with one attached hydrogen (secondary N) is 1. The lowest BCUT2D eigenvalue weighted by Crippen LogP contribution is -2.19. The lowest BCUT2D eigenvalue weighted by molar-refractivity contribution is -0.118. The molecule has 2 aromatic heterocycles. The van der Waals surface area contributed by atoms with E-state index < -0.39 is 0 Å². The highest BCUT2D eigenvalue weighted by Gasteiger charge is 2.13. The van der Waals surface area contributed by atoms with E-state index in [1.54, 1.807) is 23.1 Å². The van der Waals surface area contributed by atoms with Crippen LogP contribution in [0.1, 0.15) is 0 Å². The Hall–Kier alpha value is -2.68. The molecule has 1 N–H and O–H groups in total. The van der Waals surface area contributed by atoms with Crippen molar-refractivity contribution in [3.63, 3.8) is 0 Å².